The SMILES string of the molecule is O=C(/C=C/c1cccc(F)c1)Nc1cccc(CO)c1. The fourth-order valence-electron chi connectivity index (χ4n) is 1.71. The molecule has 4 heteroatoms. The van der Waals surface area contributed by atoms with Gasteiger partial charge in [-0.05, 0) is 41.5 Å². The van der Waals surface area contributed by atoms with Crippen molar-refractivity contribution < 1.29 is 14.3 Å². The Labute approximate surface area is 116 Å². The van der Waals surface area contributed by atoms with Gasteiger partial charge in [-0.15, -0.1) is 0 Å². The van der Waals surface area contributed by atoms with Crippen LogP contribution in [0.3, 0.4) is 0 Å². The molecule has 0 heterocycles. The lowest BCUT2D eigenvalue weighted by Gasteiger charge is -2.03. The lowest BCUT2D eigenvalue weighted by atomic mass is 10.2. The van der Waals surface area contributed by atoms with Crippen molar-refractivity contribution in [1.29, 1.82) is 0 Å². The highest BCUT2D eigenvalue weighted by atomic mass is 19.1. The van der Waals surface area contributed by atoms with Gasteiger partial charge in [0.15, 0.2) is 0 Å². The maximum absolute atomic E-state index is 13.0. The average molecular weight is 271 g/mol. The van der Waals surface area contributed by atoms with Crippen molar-refractivity contribution in [2.75, 3.05) is 5.32 Å². The number of carbonyl (C=O) groups is 1. The number of carbonyl (C=O) groups excluding carboxylic acids is 1. The van der Waals surface area contributed by atoms with Gasteiger partial charge in [-0.3, -0.25) is 4.79 Å². The van der Waals surface area contributed by atoms with Crippen molar-refractivity contribution >= 4 is 17.7 Å². The maximum atomic E-state index is 13.0. The Balaban J connectivity index is 2.01. The fourth-order valence-corrected chi connectivity index (χ4v) is 1.71. The molecule has 2 N–H and O–H groups in total. The molecule has 0 atom stereocenters. The van der Waals surface area contributed by atoms with E-state index in [4.69, 9.17) is 5.11 Å². The van der Waals surface area contributed by atoms with E-state index >= 15 is 0 Å². The third-order valence-corrected chi connectivity index (χ3v) is 2.65. The zero-order valence-corrected chi connectivity index (χ0v) is 10.7. The Hall–Kier alpha value is -2.46. The molecule has 0 aliphatic heterocycles. The molecule has 0 spiro atoms. The van der Waals surface area contributed by atoms with E-state index < -0.39 is 0 Å². The van der Waals surface area contributed by atoms with Crippen molar-refractivity contribution in [2.45, 2.75) is 6.61 Å². The van der Waals surface area contributed by atoms with Crippen LogP contribution in [0.4, 0.5) is 10.1 Å². The molecule has 2 aromatic rings. The Kier molecular flexibility index (Phi) is 4.63. The van der Waals surface area contributed by atoms with E-state index in [1.807, 2.05) is 0 Å². The van der Waals surface area contributed by atoms with Gasteiger partial charge in [0.2, 0.25) is 5.91 Å². The number of hydrogen-bond acceptors (Lipinski definition) is 2. The minimum Gasteiger partial charge on any atom is -0.392 e. The molecule has 3 nitrogen and oxygen atoms in total. The summed E-state index contributed by atoms with van der Waals surface area (Å²) in [5.74, 6) is -0.660. The van der Waals surface area contributed by atoms with Crippen molar-refractivity contribution in [2.24, 2.45) is 0 Å². The molecule has 0 aliphatic rings. The predicted octanol–water partition coefficient (Wildman–Crippen LogP) is 2.97. The molecule has 0 radical (unpaired) electrons. The first-order valence-electron chi connectivity index (χ1n) is 6.12. The van der Waals surface area contributed by atoms with Crippen LogP contribution in [0.2, 0.25) is 0 Å². The van der Waals surface area contributed by atoms with E-state index in [9.17, 15) is 9.18 Å². The van der Waals surface area contributed by atoms with Gasteiger partial charge >= 0.3 is 0 Å². The number of aliphatic hydroxyl groups excluding tert-OH is 1. The second-order valence-electron chi connectivity index (χ2n) is 4.24. The monoisotopic (exact) mass is 271 g/mol. The van der Waals surface area contributed by atoms with Gasteiger partial charge in [-0.2, -0.15) is 0 Å². The molecule has 102 valence electrons. The molecule has 1 amide bonds. The van der Waals surface area contributed by atoms with E-state index in [2.05, 4.69) is 5.32 Å². The number of anilines is 1. The Bertz CT molecular complexity index is 638. The second-order valence-corrected chi connectivity index (χ2v) is 4.24. The van der Waals surface area contributed by atoms with Crippen LogP contribution in [-0.4, -0.2) is 11.0 Å². The van der Waals surface area contributed by atoms with Crippen LogP contribution in [0.5, 0.6) is 0 Å². The maximum Gasteiger partial charge on any atom is 0.248 e. The second kappa shape index (κ2) is 6.63. The zero-order valence-electron chi connectivity index (χ0n) is 10.7. The van der Waals surface area contributed by atoms with Crippen LogP contribution in [0.1, 0.15) is 11.1 Å². The van der Waals surface area contributed by atoms with E-state index in [0.717, 1.165) is 5.56 Å². The predicted molar refractivity (Wildman–Crippen MR) is 76.4 cm³/mol. The summed E-state index contributed by atoms with van der Waals surface area (Å²) in [6.07, 6.45) is 2.87. The average Bonchev–Trinajstić information content (AvgIpc) is 2.45. The van der Waals surface area contributed by atoms with E-state index in [-0.39, 0.29) is 18.3 Å². The van der Waals surface area contributed by atoms with Gasteiger partial charge < -0.3 is 10.4 Å². The summed E-state index contributed by atoms with van der Waals surface area (Å²) in [6, 6.07) is 12.9. The summed E-state index contributed by atoms with van der Waals surface area (Å²) in [4.78, 5) is 11.7. The number of aliphatic hydroxyl groups is 1. The topological polar surface area (TPSA) is 49.3 Å². The van der Waals surface area contributed by atoms with E-state index in [0.29, 0.717) is 11.3 Å². The number of nitrogens with one attached hydrogen (secondary N) is 1. The smallest absolute Gasteiger partial charge is 0.248 e. The Morgan fingerprint density at radius 1 is 1.20 bits per heavy atom. The molecule has 0 saturated carbocycles. The molecule has 0 bridgehead atoms. The molecule has 0 aliphatic carbocycles. The largest absolute Gasteiger partial charge is 0.392 e. The third kappa shape index (κ3) is 4.03. The van der Waals surface area contributed by atoms with E-state index in [1.54, 1.807) is 36.4 Å². The first kappa shape index (κ1) is 14.0. The normalized spacial score (nSPS) is 10.7. The third-order valence-electron chi connectivity index (χ3n) is 2.65. The number of rotatable bonds is 4. The summed E-state index contributed by atoms with van der Waals surface area (Å²) >= 11 is 0. The van der Waals surface area contributed by atoms with Gasteiger partial charge in [0, 0.05) is 11.8 Å². The summed E-state index contributed by atoms with van der Waals surface area (Å²) in [5, 5.41) is 11.7. The summed E-state index contributed by atoms with van der Waals surface area (Å²) < 4.78 is 13.0. The van der Waals surface area contributed by atoms with Gasteiger partial charge in [0.1, 0.15) is 5.82 Å². The van der Waals surface area contributed by atoms with Crippen molar-refractivity contribution in [1.82, 2.24) is 0 Å². The van der Waals surface area contributed by atoms with Crippen molar-refractivity contribution in [3.8, 4) is 0 Å². The number of halogens is 1. The quantitative estimate of drug-likeness (QED) is 0.840. The van der Waals surface area contributed by atoms with Crippen LogP contribution in [0, 0.1) is 5.82 Å². The lowest BCUT2D eigenvalue weighted by molar-refractivity contribution is -0.111. The summed E-state index contributed by atoms with van der Waals surface area (Å²) in [5.41, 5.74) is 1.94. The Morgan fingerprint density at radius 2 is 2.00 bits per heavy atom. The van der Waals surface area contributed by atoms with Crippen LogP contribution >= 0.6 is 0 Å². The molecular weight excluding hydrogens is 257 g/mol. The van der Waals surface area contributed by atoms with Gasteiger partial charge in [0.05, 0.1) is 6.61 Å². The van der Waals surface area contributed by atoms with Crippen molar-refractivity contribution in [3.63, 3.8) is 0 Å². The van der Waals surface area contributed by atoms with Gasteiger partial charge in [-0.1, -0.05) is 24.3 Å². The summed E-state index contributed by atoms with van der Waals surface area (Å²) in [6.45, 7) is -0.0805. The van der Waals surface area contributed by atoms with Crippen LogP contribution < -0.4 is 5.32 Å². The first-order valence-corrected chi connectivity index (χ1v) is 6.12. The Morgan fingerprint density at radius 3 is 2.75 bits per heavy atom. The van der Waals surface area contributed by atoms with Crippen LogP contribution in [-0.2, 0) is 11.4 Å². The molecule has 0 saturated heterocycles. The molecule has 0 aromatic heterocycles. The first-order chi connectivity index (χ1) is 9.67. The highest BCUT2D eigenvalue weighted by Crippen LogP contribution is 2.11. The summed E-state index contributed by atoms with van der Waals surface area (Å²) in [7, 11) is 0. The number of hydrogen-bond donors (Lipinski definition) is 2. The van der Waals surface area contributed by atoms with Crippen molar-refractivity contribution in [3.05, 3.63) is 71.6 Å². The minimum atomic E-state index is -0.344. The van der Waals surface area contributed by atoms with E-state index in [1.165, 1.54) is 24.3 Å². The zero-order chi connectivity index (χ0) is 14.4. The van der Waals surface area contributed by atoms with Gasteiger partial charge in [0.25, 0.3) is 0 Å². The lowest BCUT2D eigenvalue weighted by Crippen LogP contribution is -2.07. The molecule has 0 unspecified atom stereocenters. The minimum absolute atomic E-state index is 0.0805. The molecule has 2 aromatic carbocycles. The highest BCUT2D eigenvalue weighted by molar-refractivity contribution is 6.01. The van der Waals surface area contributed by atoms with Crippen LogP contribution in [0.15, 0.2) is 54.6 Å². The molecule has 20 heavy (non-hydrogen) atoms. The number of amides is 1. The molecular formula is C16H14FNO2. The highest BCUT2D eigenvalue weighted by Gasteiger charge is 1.99. The van der Waals surface area contributed by atoms with Crippen LogP contribution in [0.25, 0.3) is 6.08 Å². The van der Waals surface area contributed by atoms with Gasteiger partial charge in [-0.25, -0.2) is 4.39 Å². The number of benzene rings is 2. The molecule has 0 fully saturated rings. The standard InChI is InChI=1S/C16H14FNO2/c17-14-5-1-3-12(9-14)7-8-16(20)18-15-6-2-4-13(10-15)11-19/h1-10,19H,11H2,(H,18,20)/b8-7+. The fraction of sp³-hybridized carbons (Fsp3) is 0.0625. The molecule has 2 rings (SSSR count).